The highest BCUT2D eigenvalue weighted by Crippen LogP contribution is 2.42. The molecule has 2 atom stereocenters. The third-order valence-corrected chi connectivity index (χ3v) is 5.77. The topological polar surface area (TPSA) is 39.7 Å². The Hall–Kier alpha value is -0.820. The van der Waals surface area contributed by atoms with Crippen LogP contribution in [-0.4, -0.2) is 49.1 Å². The second-order valence-corrected chi connectivity index (χ2v) is 7.89. The number of halogens is 1. The van der Waals surface area contributed by atoms with Gasteiger partial charge in [0.2, 0.25) is 0 Å². The molecule has 1 heterocycles. The maximum Gasteiger partial charge on any atom is 0.191 e. The zero-order valence-corrected chi connectivity index (χ0v) is 19.5. The summed E-state index contributed by atoms with van der Waals surface area (Å²) >= 11 is 0. The standard InChI is InChI=1S/C22H36N4.HI/c1-4-6-13-26-14-11-18(12-15-26)24-22(23-5-2)25-21-16-20(21)19-10-8-7-9-17(19)3;/h7-10,18,20-21H,4-6,11-16H2,1-3H3,(H2,23,24,25);1H. The maximum absolute atomic E-state index is 4.70. The van der Waals surface area contributed by atoms with Gasteiger partial charge in [-0.3, -0.25) is 4.99 Å². The first-order valence-electron chi connectivity index (χ1n) is 10.6. The van der Waals surface area contributed by atoms with Gasteiger partial charge in [0, 0.05) is 37.6 Å². The van der Waals surface area contributed by atoms with Crippen molar-refractivity contribution < 1.29 is 0 Å². The van der Waals surface area contributed by atoms with E-state index in [1.54, 1.807) is 0 Å². The van der Waals surface area contributed by atoms with E-state index in [2.05, 4.69) is 60.6 Å². The van der Waals surface area contributed by atoms with Crippen LogP contribution in [0.1, 0.15) is 63.0 Å². The number of nitrogens with one attached hydrogen (secondary N) is 2. The minimum Gasteiger partial charge on any atom is -0.354 e. The van der Waals surface area contributed by atoms with Crippen molar-refractivity contribution in [2.24, 2.45) is 4.99 Å². The van der Waals surface area contributed by atoms with Gasteiger partial charge < -0.3 is 15.5 Å². The number of hydrogen-bond donors (Lipinski definition) is 2. The lowest BCUT2D eigenvalue weighted by Crippen LogP contribution is -2.49. The van der Waals surface area contributed by atoms with E-state index in [0.717, 1.165) is 12.5 Å². The van der Waals surface area contributed by atoms with Gasteiger partial charge in [-0.15, -0.1) is 24.0 Å². The number of guanidine groups is 1. The molecule has 0 radical (unpaired) electrons. The third-order valence-electron chi connectivity index (χ3n) is 5.77. The van der Waals surface area contributed by atoms with E-state index >= 15 is 0 Å². The SMILES string of the molecule is CCCCN1CCC(NC(=NCC)NC2CC2c2ccccc2C)CC1.I. The fraction of sp³-hybridized carbons (Fsp3) is 0.682. The van der Waals surface area contributed by atoms with Crippen LogP contribution < -0.4 is 10.6 Å². The first-order chi connectivity index (χ1) is 12.7. The lowest BCUT2D eigenvalue weighted by Gasteiger charge is -2.33. The molecular formula is C22H37IN4. The van der Waals surface area contributed by atoms with Crippen molar-refractivity contribution in [3.63, 3.8) is 0 Å². The number of aliphatic imine (C=N–C) groups is 1. The fourth-order valence-corrected chi connectivity index (χ4v) is 4.04. The first-order valence-corrected chi connectivity index (χ1v) is 10.6. The van der Waals surface area contributed by atoms with Gasteiger partial charge in [-0.05, 0) is 57.2 Å². The summed E-state index contributed by atoms with van der Waals surface area (Å²) in [6.45, 7) is 11.1. The van der Waals surface area contributed by atoms with Crippen LogP contribution in [0.2, 0.25) is 0 Å². The molecule has 0 amide bonds. The number of nitrogens with zero attached hydrogens (tertiary/aromatic N) is 2. The van der Waals surface area contributed by atoms with Crippen molar-refractivity contribution in [2.45, 2.75) is 70.9 Å². The van der Waals surface area contributed by atoms with Gasteiger partial charge >= 0.3 is 0 Å². The van der Waals surface area contributed by atoms with Crippen molar-refractivity contribution >= 4 is 29.9 Å². The third kappa shape index (κ3) is 6.63. The highest BCUT2D eigenvalue weighted by molar-refractivity contribution is 14.0. The van der Waals surface area contributed by atoms with Gasteiger partial charge in [0.1, 0.15) is 0 Å². The van der Waals surface area contributed by atoms with Gasteiger partial charge in [-0.2, -0.15) is 0 Å². The van der Waals surface area contributed by atoms with Crippen LogP contribution in [-0.2, 0) is 0 Å². The molecule has 2 N–H and O–H groups in total. The number of aryl methyl sites for hydroxylation is 1. The molecule has 0 aromatic heterocycles. The van der Waals surface area contributed by atoms with E-state index in [9.17, 15) is 0 Å². The molecule has 3 rings (SSSR count). The number of rotatable bonds is 7. The Morgan fingerprint density at radius 2 is 1.89 bits per heavy atom. The predicted octanol–water partition coefficient (Wildman–Crippen LogP) is 4.29. The van der Waals surface area contributed by atoms with Gasteiger partial charge in [0.15, 0.2) is 5.96 Å². The van der Waals surface area contributed by atoms with Crippen LogP contribution in [0.5, 0.6) is 0 Å². The normalized spacial score (nSPS) is 23.6. The molecule has 2 fully saturated rings. The van der Waals surface area contributed by atoms with E-state index in [-0.39, 0.29) is 24.0 Å². The summed E-state index contributed by atoms with van der Waals surface area (Å²) in [5.41, 5.74) is 2.90. The Labute approximate surface area is 182 Å². The van der Waals surface area contributed by atoms with Gasteiger partial charge in [0.25, 0.3) is 0 Å². The Kier molecular flexibility index (Phi) is 9.36. The Bertz CT molecular complexity index is 596. The van der Waals surface area contributed by atoms with Gasteiger partial charge in [-0.25, -0.2) is 0 Å². The fourth-order valence-electron chi connectivity index (χ4n) is 4.04. The van der Waals surface area contributed by atoms with E-state index < -0.39 is 0 Å². The lowest BCUT2D eigenvalue weighted by atomic mass is 10.0. The molecule has 1 aromatic carbocycles. The summed E-state index contributed by atoms with van der Waals surface area (Å²) in [6.07, 6.45) is 6.27. The van der Waals surface area contributed by atoms with E-state index in [4.69, 9.17) is 4.99 Å². The molecule has 0 bridgehead atoms. The second-order valence-electron chi connectivity index (χ2n) is 7.89. The summed E-state index contributed by atoms with van der Waals surface area (Å²) in [5, 5.41) is 7.39. The average molecular weight is 484 g/mol. The summed E-state index contributed by atoms with van der Waals surface area (Å²) in [4.78, 5) is 7.31. The van der Waals surface area contributed by atoms with Crippen molar-refractivity contribution in [1.82, 2.24) is 15.5 Å². The molecule has 27 heavy (non-hydrogen) atoms. The molecule has 1 aliphatic carbocycles. The highest BCUT2D eigenvalue weighted by atomic mass is 127. The zero-order valence-electron chi connectivity index (χ0n) is 17.2. The van der Waals surface area contributed by atoms with Crippen molar-refractivity contribution in [3.05, 3.63) is 35.4 Å². The van der Waals surface area contributed by atoms with Crippen molar-refractivity contribution in [1.29, 1.82) is 0 Å². The molecule has 1 aromatic rings. The average Bonchev–Trinajstić information content (AvgIpc) is 3.40. The Morgan fingerprint density at radius 3 is 2.56 bits per heavy atom. The van der Waals surface area contributed by atoms with Gasteiger partial charge in [-0.1, -0.05) is 37.6 Å². The van der Waals surface area contributed by atoms with E-state index in [1.807, 2.05) is 0 Å². The van der Waals surface area contributed by atoms with Gasteiger partial charge in [0.05, 0.1) is 0 Å². The van der Waals surface area contributed by atoms with Crippen LogP contribution in [0.3, 0.4) is 0 Å². The van der Waals surface area contributed by atoms with Crippen LogP contribution in [0.25, 0.3) is 0 Å². The smallest absolute Gasteiger partial charge is 0.191 e. The summed E-state index contributed by atoms with van der Waals surface area (Å²) in [7, 11) is 0. The molecule has 1 aliphatic heterocycles. The van der Waals surface area contributed by atoms with Crippen LogP contribution in [0.15, 0.2) is 29.3 Å². The zero-order chi connectivity index (χ0) is 18.4. The number of unbranched alkanes of at least 4 members (excludes halogenated alkanes) is 1. The summed E-state index contributed by atoms with van der Waals surface area (Å²) in [5.74, 6) is 1.65. The Morgan fingerprint density at radius 1 is 1.15 bits per heavy atom. The first kappa shape index (κ1) is 22.5. The molecule has 1 saturated carbocycles. The monoisotopic (exact) mass is 484 g/mol. The largest absolute Gasteiger partial charge is 0.354 e. The number of piperidine rings is 1. The quantitative estimate of drug-likeness (QED) is 0.345. The molecule has 152 valence electrons. The number of likely N-dealkylation sites (tertiary alicyclic amines) is 1. The van der Waals surface area contributed by atoms with Crippen molar-refractivity contribution in [2.75, 3.05) is 26.2 Å². The second kappa shape index (κ2) is 11.2. The molecule has 4 nitrogen and oxygen atoms in total. The molecule has 1 saturated heterocycles. The molecule has 5 heteroatoms. The van der Waals surface area contributed by atoms with Crippen LogP contribution in [0, 0.1) is 6.92 Å². The summed E-state index contributed by atoms with van der Waals surface area (Å²) < 4.78 is 0. The Balaban J connectivity index is 0.00000261. The van der Waals surface area contributed by atoms with Crippen LogP contribution >= 0.6 is 24.0 Å². The summed E-state index contributed by atoms with van der Waals surface area (Å²) in [6, 6.07) is 9.86. The van der Waals surface area contributed by atoms with Crippen molar-refractivity contribution in [3.8, 4) is 0 Å². The molecule has 0 spiro atoms. The molecular weight excluding hydrogens is 447 g/mol. The predicted molar refractivity (Wildman–Crippen MR) is 126 cm³/mol. The lowest BCUT2D eigenvalue weighted by molar-refractivity contribution is 0.203. The highest BCUT2D eigenvalue weighted by Gasteiger charge is 2.40. The minimum atomic E-state index is 0. The van der Waals surface area contributed by atoms with Crippen LogP contribution in [0.4, 0.5) is 0 Å². The number of benzene rings is 1. The molecule has 2 unspecified atom stereocenters. The molecule has 2 aliphatic rings. The minimum absolute atomic E-state index is 0. The maximum atomic E-state index is 4.70. The van der Waals surface area contributed by atoms with E-state index in [1.165, 1.54) is 62.9 Å². The number of hydrogen-bond acceptors (Lipinski definition) is 2. The van der Waals surface area contributed by atoms with E-state index in [0.29, 0.717) is 18.0 Å².